The number of nitrogens with zero attached hydrogens (tertiary/aromatic N) is 2. The summed E-state index contributed by atoms with van der Waals surface area (Å²) in [5.74, 6) is -0.382. The predicted octanol–water partition coefficient (Wildman–Crippen LogP) is 3.49. The zero-order valence-corrected chi connectivity index (χ0v) is 13.2. The molecule has 0 saturated heterocycles. The lowest BCUT2D eigenvalue weighted by molar-refractivity contribution is -0.133. The third-order valence-electron chi connectivity index (χ3n) is 2.93. The zero-order chi connectivity index (χ0) is 14.5. The van der Waals surface area contributed by atoms with E-state index in [2.05, 4.69) is 40.9 Å². The maximum atomic E-state index is 10.7. The van der Waals surface area contributed by atoms with Crippen molar-refractivity contribution >= 4 is 29.1 Å². The molecular weight excluding hydrogens is 292 g/mol. The van der Waals surface area contributed by atoms with Gasteiger partial charge in [-0.05, 0) is 23.8 Å². The molecule has 0 aliphatic heterocycles. The molecule has 0 aliphatic rings. The van der Waals surface area contributed by atoms with Crippen molar-refractivity contribution in [3.8, 4) is 0 Å². The number of carbonyl (C=O) groups is 1. The number of rotatable bonds is 7. The summed E-state index contributed by atoms with van der Waals surface area (Å²) in [6.07, 6.45) is 2.82. The number of aryl methyl sites for hydroxylation is 1. The summed E-state index contributed by atoms with van der Waals surface area (Å²) in [4.78, 5) is 16.4. The average molecular weight is 310 g/mol. The molecule has 4 nitrogen and oxygen atoms in total. The molecule has 0 unspecified atom stereocenters. The number of aliphatic carboxylic acids is 1. The molecule has 0 saturated carbocycles. The molecule has 0 spiro atoms. The van der Waals surface area contributed by atoms with Crippen LogP contribution in [0.2, 0.25) is 0 Å². The number of thioether (sulfide) groups is 1. The van der Waals surface area contributed by atoms with Crippen LogP contribution in [-0.2, 0) is 17.8 Å². The van der Waals surface area contributed by atoms with Crippen molar-refractivity contribution in [2.75, 3.05) is 5.75 Å². The zero-order valence-electron chi connectivity index (χ0n) is 11.6. The molecule has 2 rings (SSSR count). The molecule has 6 heteroatoms. The quantitative estimate of drug-likeness (QED) is 0.795. The smallest absolute Gasteiger partial charge is 0.313 e. The van der Waals surface area contributed by atoms with Gasteiger partial charge in [0.2, 0.25) is 0 Å². The molecule has 0 amide bonds. The lowest BCUT2D eigenvalue weighted by Gasteiger charge is -2.13. The number of thiophene rings is 1. The molecule has 1 N–H and O–H groups in total. The van der Waals surface area contributed by atoms with E-state index >= 15 is 0 Å². The molecule has 2 heterocycles. The first-order chi connectivity index (χ1) is 9.58. The second-order valence-electron chi connectivity index (χ2n) is 4.78. The molecule has 108 valence electrons. The Morgan fingerprint density at radius 3 is 2.95 bits per heavy atom. The van der Waals surface area contributed by atoms with E-state index in [0.29, 0.717) is 5.92 Å². The van der Waals surface area contributed by atoms with Gasteiger partial charge in [-0.3, -0.25) is 4.79 Å². The summed E-state index contributed by atoms with van der Waals surface area (Å²) in [5.41, 5.74) is 1.16. The van der Waals surface area contributed by atoms with Crippen LogP contribution in [0.1, 0.15) is 30.3 Å². The SMILES string of the molecule is CC(C)c1cnc(SCC(=O)O)n1CCc1cccs1. The molecule has 0 radical (unpaired) electrons. The number of carboxylic acids is 1. The highest BCUT2D eigenvalue weighted by molar-refractivity contribution is 7.99. The minimum absolute atomic E-state index is 0.0492. The van der Waals surface area contributed by atoms with E-state index in [0.717, 1.165) is 23.8 Å². The van der Waals surface area contributed by atoms with Crippen LogP contribution in [0.25, 0.3) is 0 Å². The van der Waals surface area contributed by atoms with Crippen molar-refractivity contribution in [2.24, 2.45) is 0 Å². The van der Waals surface area contributed by atoms with Gasteiger partial charge in [0.25, 0.3) is 0 Å². The van der Waals surface area contributed by atoms with Crippen molar-refractivity contribution in [3.63, 3.8) is 0 Å². The van der Waals surface area contributed by atoms with Crippen LogP contribution in [0.5, 0.6) is 0 Å². The van der Waals surface area contributed by atoms with Gasteiger partial charge in [-0.1, -0.05) is 31.7 Å². The summed E-state index contributed by atoms with van der Waals surface area (Å²) in [6.45, 7) is 5.10. The standard InChI is InChI=1S/C14H18N2O2S2/c1-10(2)12-8-15-14(20-9-13(17)18)16(12)6-5-11-4-3-7-19-11/h3-4,7-8,10H,5-6,9H2,1-2H3,(H,17,18). The van der Waals surface area contributed by atoms with E-state index in [1.54, 1.807) is 11.3 Å². The van der Waals surface area contributed by atoms with E-state index < -0.39 is 5.97 Å². The minimum atomic E-state index is -0.811. The summed E-state index contributed by atoms with van der Waals surface area (Å²) >= 11 is 3.03. The number of hydrogen-bond acceptors (Lipinski definition) is 4. The Kier molecular flexibility index (Phi) is 5.25. The molecule has 2 aromatic heterocycles. The van der Waals surface area contributed by atoms with Crippen molar-refractivity contribution in [3.05, 3.63) is 34.3 Å². The molecule has 0 atom stereocenters. The number of hydrogen-bond donors (Lipinski definition) is 1. The minimum Gasteiger partial charge on any atom is -0.481 e. The topological polar surface area (TPSA) is 55.1 Å². The van der Waals surface area contributed by atoms with Crippen LogP contribution in [0, 0.1) is 0 Å². The van der Waals surface area contributed by atoms with E-state index in [-0.39, 0.29) is 5.75 Å². The second kappa shape index (κ2) is 6.95. The van der Waals surface area contributed by atoms with Gasteiger partial charge < -0.3 is 9.67 Å². The summed E-state index contributed by atoms with van der Waals surface area (Å²) in [5, 5.41) is 11.7. The lowest BCUT2D eigenvalue weighted by Crippen LogP contribution is -2.09. The van der Waals surface area contributed by atoms with Gasteiger partial charge in [0, 0.05) is 23.3 Å². The molecule has 20 heavy (non-hydrogen) atoms. The number of aromatic nitrogens is 2. The van der Waals surface area contributed by atoms with Crippen LogP contribution in [0.15, 0.2) is 28.9 Å². The second-order valence-corrected chi connectivity index (χ2v) is 6.76. The normalized spacial score (nSPS) is 11.2. The van der Waals surface area contributed by atoms with Crippen LogP contribution >= 0.6 is 23.1 Å². The molecular formula is C14H18N2O2S2. The average Bonchev–Trinajstić information content (AvgIpc) is 3.03. The van der Waals surface area contributed by atoms with Gasteiger partial charge in [-0.25, -0.2) is 4.98 Å². The Balaban J connectivity index is 2.13. The van der Waals surface area contributed by atoms with Crippen LogP contribution in [-0.4, -0.2) is 26.4 Å². The Bertz CT molecular complexity index is 562. The monoisotopic (exact) mass is 310 g/mol. The number of imidazole rings is 1. The van der Waals surface area contributed by atoms with Crippen LogP contribution in [0.4, 0.5) is 0 Å². The predicted molar refractivity (Wildman–Crippen MR) is 82.7 cm³/mol. The maximum Gasteiger partial charge on any atom is 0.313 e. The van der Waals surface area contributed by atoms with E-state index in [1.807, 2.05) is 6.20 Å². The first-order valence-electron chi connectivity index (χ1n) is 6.50. The fourth-order valence-electron chi connectivity index (χ4n) is 1.97. The van der Waals surface area contributed by atoms with Crippen LogP contribution < -0.4 is 0 Å². The lowest BCUT2D eigenvalue weighted by atomic mass is 10.1. The Hall–Kier alpha value is -1.27. The Morgan fingerprint density at radius 2 is 2.35 bits per heavy atom. The third-order valence-corrected chi connectivity index (χ3v) is 4.84. The summed E-state index contributed by atoms with van der Waals surface area (Å²) < 4.78 is 2.15. The summed E-state index contributed by atoms with van der Waals surface area (Å²) in [7, 11) is 0. The first-order valence-corrected chi connectivity index (χ1v) is 8.37. The third kappa shape index (κ3) is 3.86. The highest BCUT2D eigenvalue weighted by Crippen LogP contribution is 2.24. The number of carboxylic acid groups (broad SMARTS) is 1. The van der Waals surface area contributed by atoms with Gasteiger partial charge in [0.1, 0.15) is 0 Å². The first kappa shape index (κ1) is 15.1. The Labute approximate surface area is 126 Å². The van der Waals surface area contributed by atoms with Gasteiger partial charge in [0.05, 0.1) is 5.75 Å². The fraction of sp³-hybridized carbons (Fsp3) is 0.429. The summed E-state index contributed by atoms with van der Waals surface area (Å²) in [6, 6.07) is 4.18. The van der Waals surface area contributed by atoms with Gasteiger partial charge in [-0.2, -0.15) is 0 Å². The largest absolute Gasteiger partial charge is 0.481 e. The van der Waals surface area contributed by atoms with Crippen molar-refractivity contribution in [2.45, 2.75) is 37.9 Å². The van der Waals surface area contributed by atoms with Crippen LogP contribution in [0.3, 0.4) is 0 Å². The molecule has 0 bridgehead atoms. The molecule has 0 aromatic carbocycles. The highest BCUT2D eigenvalue weighted by atomic mass is 32.2. The Morgan fingerprint density at radius 1 is 1.55 bits per heavy atom. The highest BCUT2D eigenvalue weighted by Gasteiger charge is 2.14. The van der Waals surface area contributed by atoms with Crippen molar-refractivity contribution in [1.29, 1.82) is 0 Å². The molecule has 2 aromatic rings. The van der Waals surface area contributed by atoms with E-state index in [1.165, 1.54) is 16.6 Å². The van der Waals surface area contributed by atoms with E-state index in [9.17, 15) is 4.79 Å². The van der Waals surface area contributed by atoms with Gasteiger partial charge in [-0.15, -0.1) is 11.3 Å². The molecule has 0 fully saturated rings. The van der Waals surface area contributed by atoms with Crippen molar-refractivity contribution in [1.82, 2.24) is 9.55 Å². The maximum absolute atomic E-state index is 10.7. The van der Waals surface area contributed by atoms with Crippen molar-refractivity contribution < 1.29 is 9.90 Å². The molecule has 0 aliphatic carbocycles. The van der Waals surface area contributed by atoms with Gasteiger partial charge in [0.15, 0.2) is 5.16 Å². The van der Waals surface area contributed by atoms with E-state index in [4.69, 9.17) is 5.11 Å². The van der Waals surface area contributed by atoms with Gasteiger partial charge >= 0.3 is 5.97 Å². The fourth-order valence-corrected chi connectivity index (χ4v) is 3.41.